The van der Waals surface area contributed by atoms with Crippen LogP contribution in [0.4, 0.5) is 0 Å². The Balaban J connectivity index is 1.48. The summed E-state index contributed by atoms with van der Waals surface area (Å²) in [5.41, 5.74) is 0. The number of nitrogens with one attached hydrogen (secondary N) is 2. The van der Waals surface area contributed by atoms with E-state index in [2.05, 4.69) is 30.4 Å². The molecule has 3 rings (SSSR count). The normalized spacial score (nSPS) is 27.7. The minimum absolute atomic E-state index is 0.331. The topological polar surface area (TPSA) is 84.2 Å². The Hall–Kier alpha value is -1.44. The van der Waals surface area contributed by atoms with Gasteiger partial charge in [0, 0.05) is 54.4 Å². The van der Waals surface area contributed by atoms with Crippen LogP contribution in [0.15, 0.2) is 4.99 Å². The summed E-state index contributed by atoms with van der Waals surface area (Å²) in [7, 11) is 1.13. The number of nitrogens with zero attached hydrogens (tertiary/aromatic N) is 4. The molecule has 7 nitrogen and oxygen atoms in total. The second kappa shape index (κ2) is 8.97. The van der Waals surface area contributed by atoms with Gasteiger partial charge in [0.2, 0.25) is 0 Å². The van der Waals surface area contributed by atoms with Crippen LogP contribution in [0.25, 0.3) is 0 Å². The summed E-state index contributed by atoms with van der Waals surface area (Å²) in [6, 6.07) is 0.369. The van der Waals surface area contributed by atoms with Crippen LogP contribution in [0.3, 0.4) is 0 Å². The number of aromatic nitrogens is 3. The number of aliphatic imine (C=N–C) groups is 1. The van der Waals surface area contributed by atoms with Gasteiger partial charge >= 0.3 is 0 Å². The van der Waals surface area contributed by atoms with Crippen molar-refractivity contribution < 1.29 is 4.21 Å². The van der Waals surface area contributed by atoms with Crippen LogP contribution in [-0.4, -0.2) is 55.6 Å². The number of hydrogen-bond acceptors (Lipinski definition) is 4. The maximum Gasteiger partial charge on any atom is 0.191 e. The van der Waals surface area contributed by atoms with Crippen LogP contribution in [0.5, 0.6) is 0 Å². The number of rotatable bonds is 5. The van der Waals surface area contributed by atoms with E-state index in [0.29, 0.717) is 17.2 Å². The molecule has 1 aromatic heterocycles. The lowest BCUT2D eigenvalue weighted by molar-refractivity contribution is 0.356. The molecule has 0 bridgehead atoms. The van der Waals surface area contributed by atoms with Crippen LogP contribution < -0.4 is 10.6 Å². The van der Waals surface area contributed by atoms with Crippen molar-refractivity contribution >= 4 is 16.8 Å². The van der Waals surface area contributed by atoms with Crippen molar-refractivity contribution in [3.63, 3.8) is 0 Å². The molecule has 1 saturated carbocycles. The molecule has 0 saturated heterocycles. The minimum Gasteiger partial charge on any atom is -0.356 e. The van der Waals surface area contributed by atoms with Crippen LogP contribution >= 0.6 is 0 Å². The molecule has 1 aliphatic heterocycles. The molecule has 0 amide bonds. The highest BCUT2D eigenvalue weighted by Gasteiger charge is 2.26. The summed E-state index contributed by atoms with van der Waals surface area (Å²) < 4.78 is 14.4. The highest BCUT2D eigenvalue weighted by molar-refractivity contribution is 7.85. The fourth-order valence-corrected chi connectivity index (χ4v) is 5.42. The lowest BCUT2D eigenvalue weighted by Gasteiger charge is -2.31. The van der Waals surface area contributed by atoms with Gasteiger partial charge in [-0.15, -0.1) is 10.2 Å². The second-order valence-corrected chi connectivity index (χ2v) is 9.44. The van der Waals surface area contributed by atoms with Gasteiger partial charge in [-0.25, -0.2) is 0 Å². The highest BCUT2D eigenvalue weighted by atomic mass is 32.2. The first-order valence-corrected chi connectivity index (χ1v) is 11.2. The van der Waals surface area contributed by atoms with Crippen LogP contribution in [0, 0.1) is 12.8 Å². The zero-order valence-electron chi connectivity index (χ0n) is 16.2. The third kappa shape index (κ3) is 4.64. The molecule has 8 heteroatoms. The lowest BCUT2D eigenvalue weighted by Crippen LogP contribution is -2.48. The van der Waals surface area contributed by atoms with E-state index in [-0.39, 0.29) is 0 Å². The van der Waals surface area contributed by atoms with Crippen molar-refractivity contribution in [2.75, 3.05) is 19.3 Å². The van der Waals surface area contributed by atoms with E-state index in [1.54, 1.807) is 0 Å². The van der Waals surface area contributed by atoms with Crippen molar-refractivity contribution in [1.29, 1.82) is 0 Å². The SMILES string of the molecule is CCS(=O)C1CCCC(NC(=NC)NCC2CCc3nnc(C)n3C2)C1. The number of guanidine groups is 1. The van der Waals surface area contributed by atoms with Crippen LogP contribution in [0.1, 0.15) is 50.7 Å². The molecule has 26 heavy (non-hydrogen) atoms. The molecule has 0 radical (unpaired) electrons. The van der Waals surface area contributed by atoms with Crippen LogP contribution in [0.2, 0.25) is 0 Å². The standard InChI is InChI=1S/C18H32N6OS/c1-4-26(25)16-7-5-6-15(10-16)21-18(19-3)20-11-14-8-9-17-23-22-13(2)24(17)12-14/h14-16H,4-12H2,1-3H3,(H2,19,20,21). The Labute approximate surface area is 158 Å². The quantitative estimate of drug-likeness (QED) is 0.596. The zero-order valence-corrected chi connectivity index (χ0v) is 17.0. The fourth-order valence-electron chi connectivity index (χ4n) is 4.08. The molecule has 1 aromatic rings. The molecule has 2 heterocycles. The molecule has 4 unspecified atom stereocenters. The Morgan fingerprint density at radius 1 is 1.35 bits per heavy atom. The largest absolute Gasteiger partial charge is 0.356 e. The molecule has 146 valence electrons. The summed E-state index contributed by atoms with van der Waals surface area (Å²) in [6.07, 6.45) is 6.46. The van der Waals surface area contributed by atoms with Gasteiger partial charge in [0.15, 0.2) is 5.96 Å². The molecule has 0 spiro atoms. The molecular weight excluding hydrogens is 348 g/mol. The van der Waals surface area contributed by atoms with E-state index in [0.717, 1.165) is 75.0 Å². The van der Waals surface area contributed by atoms with Crippen molar-refractivity contribution in [3.8, 4) is 0 Å². The van der Waals surface area contributed by atoms with Crippen molar-refractivity contribution in [1.82, 2.24) is 25.4 Å². The molecule has 4 atom stereocenters. The van der Waals surface area contributed by atoms with E-state index >= 15 is 0 Å². The number of fused-ring (bicyclic) bond motifs is 1. The van der Waals surface area contributed by atoms with Gasteiger partial charge < -0.3 is 15.2 Å². The van der Waals surface area contributed by atoms with Gasteiger partial charge in [0.05, 0.1) is 0 Å². The molecule has 1 fully saturated rings. The van der Waals surface area contributed by atoms with Gasteiger partial charge in [0.25, 0.3) is 0 Å². The smallest absolute Gasteiger partial charge is 0.191 e. The minimum atomic E-state index is -0.693. The summed E-state index contributed by atoms with van der Waals surface area (Å²) >= 11 is 0. The molecule has 0 aromatic carbocycles. The second-order valence-electron chi connectivity index (χ2n) is 7.43. The number of aryl methyl sites for hydroxylation is 2. The number of hydrogen-bond donors (Lipinski definition) is 2. The lowest BCUT2D eigenvalue weighted by atomic mass is 9.95. The molecular formula is C18H32N6OS. The van der Waals surface area contributed by atoms with E-state index in [9.17, 15) is 4.21 Å². The average molecular weight is 381 g/mol. The third-order valence-corrected chi connectivity index (χ3v) is 7.38. The van der Waals surface area contributed by atoms with Crippen molar-refractivity contribution in [2.45, 2.75) is 70.2 Å². The Morgan fingerprint density at radius 2 is 2.19 bits per heavy atom. The average Bonchev–Trinajstić information content (AvgIpc) is 3.05. The Bertz CT molecular complexity index is 658. The van der Waals surface area contributed by atoms with E-state index in [4.69, 9.17) is 0 Å². The van der Waals surface area contributed by atoms with E-state index in [1.165, 1.54) is 0 Å². The predicted octanol–water partition coefficient (Wildman–Crippen LogP) is 1.39. The van der Waals surface area contributed by atoms with Crippen molar-refractivity contribution in [3.05, 3.63) is 11.6 Å². The summed E-state index contributed by atoms with van der Waals surface area (Å²) in [5, 5.41) is 15.8. The van der Waals surface area contributed by atoms with E-state index in [1.807, 2.05) is 20.9 Å². The molecule has 2 N–H and O–H groups in total. The van der Waals surface area contributed by atoms with Gasteiger partial charge in [-0.1, -0.05) is 13.3 Å². The van der Waals surface area contributed by atoms with Crippen molar-refractivity contribution in [2.24, 2.45) is 10.9 Å². The first kappa shape index (κ1) is 19.3. The Morgan fingerprint density at radius 3 is 2.96 bits per heavy atom. The maximum absolute atomic E-state index is 12.1. The van der Waals surface area contributed by atoms with Gasteiger partial charge in [0.1, 0.15) is 11.6 Å². The predicted molar refractivity (Wildman–Crippen MR) is 106 cm³/mol. The summed E-state index contributed by atoms with van der Waals surface area (Å²) in [5.74, 6) is 4.30. The first-order chi connectivity index (χ1) is 12.6. The highest BCUT2D eigenvalue weighted by Crippen LogP contribution is 2.23. The molecule has 1 aliphatic carbocycles. The van der Waals surface area contributed by atoms with Crippen LogP contribution in [-0.2, 0) is 23.8 Å². The maximum atomic E-state index is 12.1. The third-order valence-electron chi connectivity index (χ3n) is 5.63. The van der Waals surface area contributed by atoms with Gasteiger partial charge in [-0.3, -0.25) is 9.20 Å². The van der Waals surface area contributed by atoms with Gasteiger partial charge in [-0.05, 0) is 38.5 Å². The fraction of sp³-hybridized carbons (Fsp3) is 0.833. The summed E-state index contributed by atoms with van der Waals surface area (Å²) in [4.78, 5) is 4.40. The van der Waals surface area contributed by atoms with Gasteiger partial charge in [-0.2, -0.15) is 0 Å². The molecule has 2 aliphatic rings. The van der Waals surface area contributed by atoms with E-state index < -0.39 is 10.8 Å². The summed E-state index contributed by atoms with van der Waals surface area (Å²) in [6.45, 7) is 5.90. The Kier molecular flexibility index (Phi) is 6.67. The monoisotopic (exact) mass is 380 g/mol. The zero-order chi connectivity index (χ0) is 18.5. The first-order valence-electron chi connectivity index (χ1n) is 9.83.